The van der Waals surface area contributed by atoms with Gasteiger partial charge in [-0.15, -0.1) is 0 Å². The van der Waals surface area contributed by atoms with Gasteiger partial charge in [-0.05, 0) is 18.1 Å². The normalized spacial score (nSPS) is 13.8. The maximum absolute atomic E-state index is 11.8. The molecule has 1 atom stereocenters. The summed E-state index contributed by atoms with van der Waals surface area (Å²) in [5, 5.41) is 0.124. The van der Waals surface area contributed by atoms with Crippen molar-refractivity contribution < 1.29 is 23.8 Å². The first kappa shape index (κ1) is 13.6. The Hall–Kier alpha value is -1.42. The Morgan fingerprint density at radius 3 is 2.76 bits per heavy atom. The van der Waals surface area contributed by atoms with Gasteiger partial charge in [-0.25, -0.2) is 4.79 Å². The van der Waals surface area contributed by atoms with Crippen molar-refractivity contribution in [2.75, 3.05) is 0 Å². The topological polar surface area (TPSA) is 72.8 Å². The van der Waals surface area contributed by atoms with Crippen LogP contribution in [0, 0.1) is 0 Å². The second-order valence-electron chi connectivity index (χ2n) is 3.18. The van der Waals surface area contributed by atoms with E-state index in [1.807, 2.05) is 6.92 Å². The van der Waals surface area contributed by atoms with Gasteiger partial charge in [-0.2, -0.15) is 0 Å². The lowest BCUT2D eigenvalue weighted by Crippen LogP contribution is -2.13. The van der Waals surface area contributed by atoms with Crippen LogP contribution in [0.5, 0.6) is 0 Å². The van der Waals surface area contributed by atoms with Gasteiger partial charge in [0.1, 0.15) is 0 Å². The molecule has 1 N–H and O–H groups in total. The van der Waals surface area contributed by atoms with Gasteiger partial charge in [0, 0.05) is 6.08 Å². The molecule has 0 radical (unpaired) electrons. The average Bonchev–Trinajstić information content (AvgIpc) is 2.35. The van der Waals surface area contributed by atoms with Crippen LogP contribution < -0.4 is 5.30 Å². The summed E-state index contributed by atoms with van der Waals surface area (Å²) in [6.07, 6.45) is 1.41. The highest BCUT2D eigenvalue weighted by molar-refractivity contribution is 7.61. The van der Waals surface area contributed by atoms with Crippen molar-refractivity contribution in [1.29, 1.82) is 0 Å². The molecule has 0 aromatic heterocycles. The summed E-state index contributed by atoms with van der Waals surface area (Å²) in [4.78, 5) is 24.6. The van der Waals surface area contributed by atoms with Crippen LogP contribution in [-0.2, 0) is 25.3 Å². The average molecular weight is 256 g/mol. The molecule has 0 aliphatic heterocycles. The summed E-state index contributed by atoms with van der Waals surface area (Å²) in [5.41, 5.74) is 0.660. The number of hydrogen-bond donors (Lipinski definition) is 1. The Kier molecular flexibility index (Phi) is 4.63. The third-order valence-electron chi connectivity index (χ3n) is 2.06. The molecular formula is C11H13O5P. The molecule has 92 valence electrons. The zero-order chi connectivity index (χ0) is 12.9. The molecule has 0 saturated heterocycles. The Bertz CT molecular complexity index is 469. The monoisotopic (exact) mass is 256 g/mol. The zero-order valence-electron chi connectivity index (χ0n) is 9.33. The zero-order valence-corrected chi connectivity index (χ0v) is 10.2. The first-order chi connectivity index (χ1) is 8.01. The second-order valence-corrected chi connectivity index (χ2v) is 4.86. The molecule has 0 spiro atoms. The van der Waals surface area contributed by atoms with Crippen LogP contribution in [0.25, 0.3) is 0 Å². The molecule has 0 fully saturated rings. The van der Waals surface area contributed by atoms with Crippen molar-refractivity contribution in [3.05, 3.63) is 42.5 Å². The van der Waals surface area contributed by atoms with Crippen molar-refractivity contribution in [1.82, 2.24) is 0 Å². The Morgan fingerprint density at radius 2 is 2.18 bits per heavy atom. The Balaban J connectivity index is 2.92. The molecule has 0 amide bonds. The maximum atomic E-state index is 11.8. The van der Waals surface area contributed by atoms with E-state index in [0.717, 1.165) is 6.08 Å². The number of carbonyl (C=O) groups is 1. The number of benzene rings is 1. The number of carbonyl (C=O) groups excluding carboxylic acids is 1. The smallest absolute Gasteiger partial charge is 0.319 e. The lowest BCUT2D eigenvalue weighted by Gasteiger charge is -2.12. The van der Waals surface area contributed by atoms with Crippen LogP contribution >= 0.6 is 7.60 Å². The third-order valence-corrected chi connectivity index (χ3v) is 3.39. The number of hydrogen-bond acceptors (Lipinski definition) is 4. The van der Waals surface area contributed by atoms with Crippen LogP contribution in [-0.4, -0.2) is 10.9 Å². The molecule has 6 heteroatoms. The molecule has 17 heavy (non-hydrogen) atoms. The third kappa shape index (κ3) is 3.53. The molecule has 5 nitrogen and oxygen atoms in total. The summed E-state index contributed by atoms with van der Waals surface area (Å²) in [5.74, 6) is -0.923. The molecule has 0 heterocycles. The van der Waals surface area contributed by atoms with Gasteiger partial charge < -0.3 is 4.89 Å². The minimum absolute atomic E-state index is 0.124. The van der Waals surface area contributed by atoms with Crippen LogP contribution in [0.15, 0.2) is 36.9 Å². The van der Waals surface area contributed by atoms with E-state index in [2.05, 4.69) is 16.1 Å². The molecule has 1 aromatic rings. The molecule has 0 bridgehead atoms. The Labute approximate surface area is 99.1 Å². The van der Waals surface area contributed by atoms with E-state index in [9.17, 15) is 14.3 Å². The highest BCUT2D eigenvalue weighted by Gasteiger charge is 2.28. The van der Waals surface area contributed by atoms with Crippen LogP contribution in [0.3, 0.4) is 0 Å². The minimum Gasteiger partial charge on any atom is -0.319 e. The minimum atomic E-state index is -4.16. The highest BCUT2D eigenvalue weighted by atomic mass is 31.2. The number of rotatable bonds is 5. The maximum Gasteiger partial charge on any atom is 0.396 e. The van der Waals surface area contributed by atoms with Gasteiger partial charge in [-0.1, -0.05) is 36.4 Å². The van der Waals surface area contributed by atoms with Crippen molar-refractivity contribution >= 4 is 18.9 Å². The van der Waals surface area contributed by atoms with E-state index in [1.54, 1.807) is 18.2 Å². The van der Waals surface area contributed by atoms with Crippen LogP contribution in [0.1, 0.15) is 12.5 Å². The van der Waals surface area contributed by atoms with E-state index in [-0.39, 0.29) is 5.30 Å². The first-order valence-electron chi connectivity index (χ1n) is 4.95. The van der Waals surface area contributed by atoms with Gasteiger partial charge in [0.05, 0.1) is 5.30 Å². The van der Waals surface area contributed by atoms with Crippen LogP contribution in [0.4, 0.5) is 0 Å². The molecule has 0 aliphatic rings. The fraction of sp³-hybridized carbons (Fsp3) is 0.182. The van der Waals surface area contributed by atoms with Gasteiger partial charge in [-0.3, -0.25) is 9.45 Å². The van der Waals surface area contributed by atoms with Crippen LogP contribution in [0.2, 0.25) is 0 Å². The number of aryl methyl sites for hydroxylation is 1. The summed E-state index contributed by atoms with van der Waals surface area (Å²) in [7, 11) is -4.16. The quantitative estimate of drug-likeness (QED) is 0.376. The fourth-order valence-corrected chi connectivity index (χ4v) is 2.37. The molecule has 1 rings (SSSR count). The van der Waals surface area contributed by atoms with Crippen molar-refractivity contribution in [2.24, 2.45) is 0 Å². The van der Waals surface area contributed by atoms with Crippen molar-refractivity contribution in [3.63, 3.8) is 0 Å². The summed E-state index contributed by atoms with van der Waals surface area (Å²) >= 11 is 0. The standard InChI is InChI=1S/C11H13O5P/c1-3-9-7-5-6-8-10(9)17(13,14)16-15-11(12)4-2/h4-8H,2-3H2,1H3,(H,13,14). The van der Waals surface area contributed by atoms with Gasteiger partial charge >= 0.3 is 13.6 Å². The van der Waals surface area contributed by atoms with E-state index in [1.165, 1.54) is 6.07 Å². The lowest BCUT2D eigenvalue weighted by molar-refractivity contribution is -0.209. The second kappa shape index (κ2) is 5.77. The van der Waals surface area contributed by atoms with E-state index in [0.29, 0.717) is 12.0 Å². The van der Waals surface area contributed by atoms with Gasteiger partial charge in [0.25, 0.3) is 0 Å². The largest absolute Gasteiger partial charge is 0.396 e. The highest BCUT2D eigenvalue weighted by Crippen LogP contribution is 2.42. The predicted molar refractivity (Wildman–Crippen MR) is 62.7 cm³/mol. The van der Waals surface area contributed by atoms with Crippen molar-refractivity contribution in [3.8, 4) is 0 Å². The molecule has 0 saturated carbocycles. The fourth-order valence-electron chi connectivity index (χ4n) is 1.25. The Morgan fingerprint density at radius 1 is 1.53 bits per heavy atom. The summed E-state index contributed by atoms with van der Waals surface area (Å²) < 4.78 is 16.1. The lowest BCUT2D eigenvalue weighted by atomic mass is 10.2. The van der Waals surface area contributed by atoms with E-state index < -0.39 is 13.6 Å². The molecular weight excluding hydrogens is 243 g/mol. The van der Waals surface area contributed by atoms with E-state index >= 15 is 0 Å². The predicted octanol–water partition coefficient (Wildman–Crippen LogP) is 1.72. The summed E-state index contributed by atoms with van der Waals surface area (Å²) in [6.45, 7) is 4.98. The summed E-state index contributed by atoms with van der Waals surface area (Å²) in [6, 6.07) is 6.52. The molecule has 1 unspecified atom stereocenters. The van der Waals surface area contributed by atoms with Crippen molar-refractivity contribution in [2.45, 2.75) is 13.3 Å². The SMILES string of the molecule is C=CC(=O)OOP(=O)(O)c1ccccc1CC. The van der Waals surface area contributed by atoms with E-state index in [4.69, 9.17) is 0 Å². The van der Waals surface area contributed by atoms with Gasteiger partial charge in [0.2, 0.25) is 0 Å². The van der Waals surface area contributed by atoms with Gasteiger partial charge in [0.15, 0.2) is 0 Å². The first-order valence-corrected chi connectivity index (χ1v) is 6.53. The molecule has 0 aliphatic carbocycles. The molecule has 1 aromatic carbocycles.